The minimum atomic E-state index is 0.141. The van der Waals surface area contributed by atoms with Crippen molar-refractivity contribution >= 4 is 17.9 Å². The van der Waals surface area contributed by atoms with Crippen LogP contribution in [0.2, 0.25) is 0 Å². The van der Waals surface area contributed by atoms with Crippen molar-refractivity contribution in [2.75, 3.05) is 54.5 Å². The highest BCUT2D eigenvalue weighted by atomic mass is 16.5. The Morgan fingerprint density at radius 1 is 0.688 bits per heavy atom. The monoisotopic (exact) mass is 434 g/mol. The van der Waals surface area contributed by atoms with Crippen molar-refractivity contribution in [3.05, 3.63) is 70.8 Å². The van der Waals surface area contributed by atoms with Gasteiger partial charge in [0.05, 0.1) is 0 Å². The van der Waals surface area contributed by atoms with E-state index in [0.717, 1.165) is 59.7 Å². The lowest BCUT2D eigenvalue weighted by Gasteiger charge is -2.11. The summed E-state index contributed by atoms with van der Waals surface area (Å²) in [5.41, 5.74) is 3.77. The smallest absolute Gasteiger partial charge is 0.185 e. The molecule has 0 heterocycles. The Morgan fingerprint density at radius 2 is 1.06 bits per heavy atom. The largest absolute Gasteiger partial charge is 0.492 e. The SMILES string of the molecule is CN(C)CCOc1ccc(/C=C2\CC/C(=C\c3ccc(OCCN(C)C)cc3)C2=O)cc1. The summed E-state index contributed by atoms with van der Waals surface area (Å²) in [6.07, 6.45) is 5.54. The molecule has 0 atom stereocenters. The van der Waals surface area contributed by atoms with Gasteiger partial charge in [-0.25, -0.2) is 0 Å². The van der Waals surface area contributed by atoms with Crippen molar-refractivity contribution in [1.82, 2.24) is 9.80 Å². The zero-order valence-corrected chi connectivity index (χ0v) is 19.6. The molecule has 1 aliphatic carbocycles. The molecule has 0 spiro atoms. The molecule has 0 aromatic heterocycles. The standard InChI is InChI=1S/C27H34N2O3/c1-28(2)15-17-31-25-11-5-21(6-12-25)19-23-9-10-24(27(23)30)20-22-7-13-26(14-8-22)32-18-16-29(3)4/h5-8,11-14,19-20H,9-10,15-18H2,1-4H3/b23-19+,24-20+. The molecule has 1 saturated carbocycles. The van der Waals surface area contributed by atoms with Crippen molar-refractivity contribution in [1.29, 1.82) is 0 Å². The maximum Gasteiger partial charge on any atom is 0.185 e. The Bertz CT molecular complexity index is 864. The van der Waals surface area contributed by atoms with Crippen LogP contribution in [0.3, 0.4) is 0 Å². The third-order valence-electron chi connectivity index (χ3n) is 5.30. The van der Waals surface area contributed by atoms with E-state index in [1.807, 2.05) is 88.9 Å². The van der Waals surface area contributed by atoms with Gasteiger partial charge >= 0.3 is 0 Å². The molecule has 0 aliphatic heterocycles. The van der Waals surface area contributed by atoms with E-state index in [1.54, 1.807) is 0 Å². The first-order valence-corrected chi connectivity index (χ1v) is 11.1. The lowest BCUT2D eigenvalue weighted by Crippen LogP contribution is -2.19. The predicted molar refractivity (Wildman–Crippen MR) is 131 cm³/mol. The van der Waals surface area contributed by atoms with Crippen LogP contribution in [-0.4, -0.2) is 70.1 Å². The molecule has 2 aromatic rings. The van der Waals surface area contributed by atoms with Gasteiger partial charge < -0.3 is 19.3 Å². The number of ketones is 1. The molecule has 0 amide bonds. The van der Waals surface area contributed by atoms with Crippen LogP contribution in [0.25, 0.3) is 12.2 Å². The summed E-state index contributed by atoms with van der Waals surface area (Å²) in [7, 11) is 8.10. The zero-order chi connectivity index (χ0) is 22.9. The number of allylic oxidation sites excluding steroid dienone is 2. The molecule has 0 bridgehead atoms. The number of carbonyl (C=O) groups excluding carboxylic acids is 1. The van der Waals surface area contributed by atoms with Crippen LogP contribution >= 0.6 is 0 Å². The zero-order valence-electron chi connectivity index (χ0n) is 19.6. The average Bonchev–Trinajstić information content (AvgIpc) is 3.09. The fourth-order valence-corrected chi connectivity index (χ4v) is 3.39. The van der Waals surface area contributed by atoms with Gasteiger partial charge in [-0.2, -0.15) is 0 Å². The molecule has 5 heteroatoms. The molecule has 0 saturated heterocycles. The van der Waals surface area contributed by atoms with Gasteiger partial charge in [0.25, 0.3) is 0 Å². The molecule has 0 radical (unpaired) electrons. The summed E-state index contributed by atoms with van der Waals surface area (Å²) in [6.45, 7) is 3.07. The molecule has 32 heavy (non-hydrogen) atoms. The highest BCUT2D eigenvalue weighted by Crippen LogP contribution is 2.30. The van der Waals surface area contributed by atoms with Gasteiger partial charge in [-0.1, -0.05) is 24.3 Å². The van der Waals surface area contributed by atoms with Crippen LogP contribution in [-0.2, 0) is 4.79 Å². The molecule has 3 rings (SSSR count). The number of Topliss-reactive ketones (excluding diaryl/α,β-unsaturated/α-hetero) is 1. The first kappa shape index (κ1) is 23.8. The Labute approximate surface area is 191 Å². The summed E-state index contributed by atoms with van der Waals surface area (Å²) in [5, 5.41) is 0. The number of hydrogen-bond donors (Lipinski definition) is 0. The maximum atomic E-state index is 12.9. The second kappa shape index (κ2) is 11.7. The summed E-state index contributed by atoms with van der Waals surface area (Å²) < 4.78 is 11.5. The molecule has 2 aromatic carbocycles. The highest BCUT2D eigenvalue weighted by Gasteiger charge is 2.22. The summed E-state index contributed by atoms with van der Waals surface area (Å²) in [4.78, 5) is 17.0. The fourth-order valence-electron chi connectivity index (χ4n) is 3.39. The van der Waals surface area contributed by atoms with E-state index in [4.69, 9.17) is 9.47 Å². The van der Waals surface area contributed by atoms with Gasteiger partial charge in [-0.15, -0.1) is 0 Å². The van der Waals surface area contributed by atoms with Gasteiger partial charge in [0, 0.05) is 24.2 Å². The van der Waals surface area contributed by atoms with Gasteiger partial charge in [-0.3, -0.25) is 4.79 Å². The Kier molecular flexibility index (Phi) is 8.65. The number of nitrogens with zero attached hydrogens (tertiary/aromatic N) is 2. The van der Waals surface area contributed by atoms with Gasteiger partial charge in [0.1, 0.15) is 24.7 Å². The molecule has 5 nitrogen and oxygen atoms in total. The quantitative estimate of drug-likeness (QED) is 0.519. The number of rotatable bonds is 10. The van der Waals surface area contributed by atoms with Gasteiger partial charge in [0.2, 0.25) is 0 Å². The minimum Gasteiger partial charge on any atom is -0.492 e. The van der Waals surface area contributed by atoms with Crippen molar-refractivity contribution in [3.8, 4) is 11.5 Å². The molecule has 0 N–H and O–H groups in total. The number of benzene rings is 2. The van der Waals surface area contributed by atoms with Gasteiger partial charge in [-0.05, 0) is 88.6 Å². The number of likely N-dealkylation sites (N-methyl/N-ethyl adjacent to an activating group) is 2. The van der Waals surface area contributed by atoms with Crippen molar-refractivity contribution in [3.63, 3.8) is 0 Å². The second-order valence-electron chi connectivity index (χ2n) is 8.61. The number of ether oxygens (including phenoxy) is 2. The van der Waals surface area contributed by atoms with E-state index in [2.05, 4.69) is 9.80 Å². The van der Waals surface area contributed by atoms with Crippen LogP contribution in [0.4, 0.5) is 0 Å². The highest BCUT2D eigenvalue weighted by molar-refractivity contribution is 6.15. The van der Waals surface area contributed by atoms with Crippen molar-refractivity contribution < 1.29 is 14.3 Å². The maximum absolute atomic E-state index is 12.9. The molecule has 170 valence electrons. The molecular weight excluding hydrogens is 400 g/mol. The van der Waals surface area contributed by atoms with Crippen LogP contribution in [0.15, 0.2) is 59.7 Å². The Morgan fingerprint density at radius 3 is 1.41 bits per heavy atom. The molecule has 0 unspecified atom stereocenters. The molecule has 1 aliphatic rings. The van der Waals surface area contributed by atoms with E-state index in [9.17, 15) is 4.79 Å². The fraction of sp³-hybridized carbons (Fsp3) is 0.370. The molecule has 1 fully saturated rings. The van der Waals surface area contributed by atoms with Crippen LogP contribution in [0.1, 0.15) is 24.0 Å². The van der Waals surface area contributed by atoms with Crippen molar-refractivity contribution in [2.45, 2.75) is 12.8 Å². The summed E-state index contributed by atoms with van der Waals surface area (Å²) in [6, 6.07) is 15.8. The second-order valence-corrected chi connectivity index (χ2v) is 8.61. The van der Waals surface area contributed by atoms with E-state index >= 15 is 0 Å². The summed E-state index contributed by atoms with van der Waals surface area (Å²) >= 11 is 0. The number of carbonyl (C=O) groups is 1. The average molecular weight is 435 g/mol. The lowest BCUT2D eigenvalue weighted by molar-refractivity contribution is -0.111. The van der Waals surface area contributed by atoms with Crippen LogP contribution in [0.5, 0.6) is 11.5 Å². The van der Waals surface area contributed by atoms with Crippen LogP contribution < -0.4 is 9.47 Å². The van der Waals surface area contributed by atoms with E-state index in [-0.39, 0.29) is 5.78 Å². The first-order chi connectivity index (χ1) is 15.4. The minimum absolute atomic E-state index is 0.141. The Hall–Kier alpha value is -2.89. The Balaban J connectivity index is 1.58. The normalized spacial score (nSPS) is 16.5. The lowest BCUT2D eigenvalue weighted by atomic mass is 10.1. The van der Waals surface area contributed by atoms with E-state index in [1.165, 1.54) is 0 Å². The molecular formula is C27H34N2O3. The van der Waals surface area contributed by atoms with Crippen LogP contribution in [0, 0.1) is 0 Å². The van der Waals surface area contributed by atoms with Crippen molar-refractivity contribution in [2.24, 2.45) is 0 Å². The first-order valence-electron chi connectivity index (χ1n) is 11.1. The third-order valence-corrected chi connectivity index (χ3v) is 5.30. The van der Waals surface area contributed by atoms with Gasteiger partial charge in [0.15, 0.2) is 5.78 Å². The topological polar surface area (TPSA) is 42.0 Å². The summed E-state index contributed by atoms with van der Waals surface area (Å²) in [5.74, 6) is 1.84. The predicted octanol–water partition coefficient (Wildman–Crippen LogP) is 4.40. The number of hydrogen-bond acceptors (Lipinski definition) is 5. The van der Waals surface area contributed by atoms with E-state index in [0.29, 0.717) is 13.2 Å². The third kappa shape index (κ3) is 7.36. The van der Waals surface area contributed by atoms with E-state index < -0.39 is 0 Å².